The number of aliphatic imine (C=N–C) groups is 1. The molecule has 2 aliphatic carbocycles. The molecule has 1 unspecified atom stereocenters. The van der Waals surface area contributed by atoms with E-state index in [0.29, 0.717) is 0 Å². The molecule has 0 aromatic heterocycles. The van der Waals surface area contributed by atoms with E-state index in [-0.39, 0.29) is 6.04 Å². The van der Waals surface area contributed by atoms with Crippen LogP contribution >= 0.6 is 0 Å². The Labute approximate surface area is 514 Å². The van der Waals surface area contributed by atoms with E-state index in [1.54, 1.807) is 11.1 Å². The minimum atomic E-state index is -0.0587. The van der Waals surface area contributed by atoms with Crippen LogP contribution in [0, 0.1) is 53.4 Å². The molecule has 6 aromatic rings. The maximum Gasteiger partial charge on any atom is 0.136 e. The normalized spacial score (nSPS) is 12.9. The predicted molar refractivity (Wildman–Crippen MR) is 378 cm³/mol. The van der Waals surface area contributed by atoms with Gasteiger partial charge in [-0.25, -0.2) is 0 Å². The lowest BCUT2D eigenvalue weighted by atomic mass is 9.83. The van der Waals surface area contributed by atoms with Gasteiger partial charge < -0.3 is 0 Å². The van der Waals surface area contributed by atoms with Gasteiger partial charge in [0.2, 0.25) is 0 Å². The molecule has 0 aliphatic heterocycles. The van der Waals surface area contributed by atoms with E-state index < -0.39 is 0 Å². The van der Waals surface area contributed by atoms with Crippen LogP contribution in [0.5, 0.6) is 0 Å². The molecule has 0 saturated heterocycles. The topological polar surface area (TPSA) is 12.4 Å². The van der Waals surface area contributed by atoms with E-state index in [0.717, 1.165) is 49.8 Å². The Morgan fingerprint density at radius 2 is 1.19 bits per heavy atom. The summed E-state index contributed by atoms with van der Waals surface area (Å²) in [6.45, 7) is 40.6. The van der Waals surface area contributed by atoms with Crippen molar-refractivity contribution in [2.75, 3.05) is 0 Å². The van der Waals surface area contributed by atoms with E-state index in [4.69, 9.17) is 4.99 Å². The first-order valence-corrected chi connectivity index (χ1v) is 31.8. The predicted octanol–water partition coefficient (Wildman–Crippen LogP) is 25.0. The van der Waals surface area contributed by atoms with Crippen molar-refractivity contribution in [3.63, 3.8) is 0 Å². The zero-order valence-electron chi connectivity index (χ0n) is 55.1. The Bertz CT molecular complexity index is 3150. The molecule has 0 bridgehead atoms. The molecule has 0 radical (unpaired) electrons. The lowest BCUT2D eigenvalue weighted by Gasteiger charge is -2.22. The lowest BCUT2D eigenvalue weighted by molar-refractivity contribution is 0.901. The van der Waals surface area contributed by atoms with Crippen molar-refractivity contribution in [1.82, 2.24) is 0 Å². The minimum absolute atomic E-state index is 0.0587. The van der Waals surface area contributed by atoms with Crippen LogP contribution in [0.1, 0.15) is 213 Å². The zero-order chi connectivity index (χ0) is 61.7. The number of hydrogen-bond donors (Lipinski definition) is 0. The zero-order valence-corrected chi connectivity index (χ0v) is 55.1. The molecule has 444 valence electrons. The largest absolute Gasteiger partial charge is 0.269 e. The number of benzene rings is 6. The van der Waals surface area contributed by atoms with Gasteiger partial charge in [-0.1, -0.05) is 286 Å². The first-order valence-electron chi connectivity index (χ1n) is 31.8. The van der Waals surface area contributed by atoms with Gasteiger partial charge in [-0.2, -0.15) is 0 Å². The minimum Gasteiger partial charge on any atom is -0.269 e. The Balaban J connectivity index is 0.000000287. The van der Waals surface area contributed by atoms with Crippen LogP contribution in [-0.2, 0) is 6.42 Å². The first kappa shape index (κ1) is 71.0. The summed E-state index contributed by atoms with van der Waals surface area (Å²) in [5, 5.41) is 0. The molecule has 1 heteroatoms. The van der Waals surface area contributed by atoms with Crippen LogP contribution in [0.15, 0.2) is 211 Å². The van der Waals surface area contributed by atoms with Crippen LogP contribution in [-0.4, -0.2) is 5.71 Å². The second kappa shape index (κ2) is 40.9. The summed E-state index contributed by atoms with van der Waals surface area (Å²) in [4.78, 5) is 4.89. The molecule has 0 heterocycles. The fraction of sp³-hybridized carbons (Fsp3) is 0.361. The first-order chi connectivity index (χ1) is 40.6. The summed E-state index contributed by atoms with van der Waals surface area (Å²) in [6, 6.07) is 49.2. The molecule has 0 amide bonds. The number of rotatable bonds is 16. The number of allylic oxidation sites excluding steroid dienone is 12. The van der Waals surface area contributed by atoms with Gasteiger partial charge in [0.25, 0.3) is 0 Å². The Kier molecular flexibility index (Phi) is 34.5. The SMILES string of the molecule is C=C(C)c1cccc(CCC)c1.C=C/C(CCC)=C(\CCC)c1cc(C2=C(CCC)C=CCC2)c(C)cc1C.CCC.CCC#CC(N=C(C)C1=CC=CCC1)c1cccc(C)c1.Cc1ccccc1.Cc1ccccc1-c1ccccc1C. The van der Waals surface area contributed by atoms with Gasteiger partial charge in [0, 0.05) is 12.1 Å². The fourth-order valence-electron chi connectivity index (χ4n) is 10.4. The molecule has 1 atom stereocenters. The van der Waals surface area contributed by atoms with E-state index in [9.17, 15) is 0 Å². The Morgan fingerprint density at radius 3 is 1.73 bits per heavy atom. The Morgan fingerprint density at radius 1 is 0.583 bits per heavy atom. The van der Waals surface area contributed by atoms with Gasteiger partial charge in [-0.15, -0.1) is 5.92 Å². The van der Waals surface area contributed by atoms with Crippen molar-refractivity contribution in [3.05, 3.63) is 267 Å². The summed E-state index contributed by atoms with van der Waals surface area (Å²) < 4.78 is 0. The quantitative estimate of drug-likeness (QED) is 0.0520. The third-order valence-electron chi connectivity index (χ3n) is 14.7. The maximum absolute atomic E-state index is 4.89. The summed E-state index contributed by atoms with van der Waals surface area (Å²) in [5.41, 5.74) is 27.2. The highest BCUT2D eigenvalue weighted by atomic mass is 14.8. The van der Waals surface area contributed by atoms with Crippen LogP contribution < -0.4 is 0 Å². The highest BCUT2D eigenvalue weighted by Crippen LogP contribution is 2.38. The standard InChI is InChI=1S/C27H38.C20H23N.C14H14.C12H16.C7H8.C3H8/c1-7-13-22(10-4)24(15-9-3)26-19-27(21(6)18-20(26)5)25-17-12-11-16-23(25)14-8-2;1-4-5-14-20(19-13-9-10-16(2)15-19)21-17(3)18-11-7-6-8-12-18;1-11-7-3-5-9-13(11)14-10-6-4-8-12(14)2;1-4-6-11-7-5-8-12(9-11)10(2)3;1-7-5-3-2-4-6-7;1-3-2/h10-11,16,18-19H,4,7-9,12-15,17H2,1-3,5-6H3;6-7,9-11,13,15,20H,4,8,12H2,1-3H3;3-10H,1-2H3;5,7-9H,2,4,6H2,1,3H3;2-6H,1H3;3H2,1-2H3/b24-22-;;;;;. The third kappa shape index (κ3) is 24.9. The molecule has 2 aliphatic rings. The second-order valence-electron chi connectivity index (χ2n) is 22.5. The molecular weight excluding hydrogens is 1010 g/mol. The molecule has 8 rings (SSSR count). The molecule has 84 heavy (non-hydrogen) atoms. The van der Waals surface area contributed by atoms with Crippen LogP contribution in [0.25, 0.3) is 27.8 Å². The number of hydrogen-bond acceptors (Lipinski definition) is 1. The maximum atomic E-state index is 4.89. The molecule has 0 fully saturated rings. The van der Waals surface area contributed by atoms with Crippen molar-refractivity contribution < 1.29 is 0 Å². The monoisotopic (exact) mass is 1120 g/mol. The highest BCUT2D eigenvalue weighted by Gasteiger charge is 2.17. The average molecular weight is 1120 g/mol. The number of aryl methyl sites for hydroxylation is 7. The number of nitrogens with zero attached hydrogens (tertiary/aromatic N) is 1. The fourth-order valence-corrected chi connectivity index (χ4v) is 10.4. The van der Waals surface area contributed by atoms with Crippen molar-refractivity contribution in [2.24, 2.45) is 4.99 Å². The van der Waals surface area contributed by atoms with Crippen molar-refractivity contribution >= 4 is 22.4 Å². The summed E-state index contributed by atoms with van der Waals surface area (Å²) in [7, 11) is 0. The summed E-state index contributed by atoms with van der Waals surface area (Å²) in [5.74, 6) is 6.48. The molecule has 6 aromatic carbocycles. The van der Waals surface area contributed by atoms with E-state index in [1.165, 1.54) is 140 Å². The highest BCUT2D eigenvalue weighted by molar-refractivity contribution is 5.99. The van der Waals surface area contributed by atoms with Gasteiger partial charge >= 0.3 is 0 Å². The molecular formula is C83H107N. The molecule has 1 nitrogen and oxygen atoms in total. The van der Waals surface area contributed by atoms with E-state index in [1.807, 2.05) is 25.1 Å². The van der Waals surface area contributed by atoms with Gasteiger partial charge in [0.15, 0.2) is 0 Å². The third-order valence-corrected chi connectivity index (χ3v) is 14.7. The van der Waals surface area contributed by atoms with Crippen molar-refractivity contribution in [2.45, 2.75) is 200 Å². The lowest BCUT2D eigenvalue weighted by Crippen LogP contribution is -2.03. The second-order valence-corrected chi connectivity index (χ2v) is 22.5. The summed E-state index contributed by atoms with van der Waals surface area (Å²) in [6.07, 6.45) is 29.3. The molecule has 0 saturated carbocycles. The average Bonchev–Trinajstić information content (AvgIpc) is 3.27. The molecule has 0 N–H and O–H groups in total. The van der Waals surface area contributed by atoms with Gasteiger partial charge in [-0.05, 0) is 202 Å². The van der Waals surface area contributed by atoms with Crippen LogP contribution in [0.2, 0.25) is 0 Å². The van der Waals surface area contributed by atoms with Gasteiger partial charge in [0.05, 0.1) is 0 Å². The van der Waals surface area contributed by atoms with Gasteiger partial charge in [-0.3, -0.25) is 4.99 Å². The summed E-state index contributed by atoms with van der Waals surface area (Å²) >= 11 is 0. The van der Waals surface area contributed by atoms with E-state index >= 15 is 0 Å². The van der Waals surface area contributed by atoms with Crippen molar-refractivity contribution in [3.8, 4) is 23.0 Å². The van der Waals surface area contributed by atoms with E-state index in [2.05, 4.69) is 280 Å². The van der Waals surface area contributed by atoms with Crippen molar-refractivity contribution in [1.29, 1.82) is 0 Å². The Hall–Kier alpha value is -7.27. The smallest absolute Gasteiger partial charge is 0.136 e. The van der Waals surface area contributed by atoms with Gasteiger partial charge in [0.1, 0.15) is 6.04 Å². The van der Waals surface area contributed by atoms with Crippen LogP contribution in [0.4, 0.5) is 0 Å². The molecule has 0 spiro atoms. The van der Waals surface area contributed by atoms with Crippen LogP contribution in [0.3, 0.4) is 0 Å².